The van der Waals surface area contributed by atoms with Gasteiger partial charge in [0.25, 0.3) is 0 Å². The fourth-order valence-corrected chi connectivity index (χ4v) is 2.56. The molecule has 1 aromatic heterocycles. The number of aryl methyl sites for hydroxylation is 1. The minimum Gasteiger partial charge on any atom is -0.347 e. The number of rotatable bonds is 8. The summed E-state index contributed by atoms with van der Waals surface area (Å²) in [5.41, 5.74) is 0.0455. The van der Waals surface area contributed by atoms with Crippen LogP contribution in [0.25, 0.3) is 11.4 Å². The van der Waals surface area contributed by atoms with Crippen LogP contribution in [0, 0.1) is 23.3 Å². The van der Waals surface area contributed by atoms with Crippen molar-refractivity contribution < 1.29 is 31.7 Å². The number of carbonyl (C=O) groups excluding carboxylic acids is 2. The summed E-state index contributed by atoms with van der Waals surface area (Å²) in [7, 11) is 0. The van der Waals surface area contributed by atoms with E-state index in [1.165, 1.54) is 24.3 Å². The molecule has 3 aromatic rings. The van der Waals surface area contributed by atoms with Crippen molar-refractivity contribution in [1.82, 2.24) is 15.5 Å². The predicted molar refractivity (Wildman–Crippen MR) is 101 cm³/mol. The number of aromatic nitrogens is 2. The molecule has 0 aliphatic carbocycles. The van der Waals surface area contributed by atoms with E-state index in [-0.39, 0.29) is 12.2 Å². The van der Waals surface area contributed by atoms with E-state index >= 15 is 0 Å². The number of halogens is 4. The van der Waals surface area contributed by atoms with E-state index in [1.807, 2.05) is 5.32 Å². The second-order valence-corrected chi connectivity index (χ2v) is 6.42. The normalized spacial score (nSPS) is 10.7. The Morgan fingerprint density at radius 3 is 2.42 bits per heavy atom. The standard InChI is InChI=1S/C20H16F4N4O3/c21-12-6-4-11(5-7-12)20-27-17(31-28-20)3-1-2-15(29)25-10-16(30)26-14-9-8-13(22)18(23)19(14)24/h4-9H,1-3,10H2,(H,25,29)(H,26,30). The van der Waals surface area contributed by atoms with Gasteiger partial charge in [0.2, 0.25) is 23.5 Å². The number of hydrogen-bond donors (Lipinski definition) is 2. The van der Waals surface area contributed by atoms with Gasteiger partial charge in [0, 0.05) is 18.4 Å². The van der Waals surface area contributed by atoms with Gasteiger partial charge in [-0.15, -0.1) is 0 Å². The molecule has 0 fully saturated rings. The van der Waals surface area contributed by atoms with Crippen LogP contribution < -0.4 is 10.6 Å². The minimum atomic E-state index is -1.70. The Labute approximate surface area is 173 Å². The highest BCUT2D eigenvalue weighted by molar-refractivity contribution is 5.94. The van der Waals surface area contributed by atoms with Crippen LogP contribution in [0.1, 0.15) is 18.7 Å². The average Bonchev–Trinajstić information content (AvgIpc) is 3.22. The lowest BCUT2D eigenvalue weighted by Crippen LogP contribution is -2.33. The largest absolute Gasteiger partial charge is 0.347 e. The Bertz CT molecular complexity index is 1090. The Balaban J connectivity index is 1.40. The lowest BCUT2D eigenvalue weighted by atomic mass is 10.2. The number of amides is 2. The summed E-state index contributed by atoms with van der Waals surface area (Å²) in [4.78, 5) is 27.8. The maximum absolute atomic E-state index is 13.5. The molecular formula is C20H16F4N4O3. The van der Waals surface area contributed by atoms with E-state index in [1.54, 1.807) is 0 Å². The molecule has 3 rings (SSSR count). The average molecular weight is 436 g/mol. The van der Waals surface area contributed by atoms with Crippen molar-refractivity contribution in [1.29, 1.82) is 0 Å². The van der Waals surface area contributed by atoms with Crippen molar-refractivity contribution in [3.05, 3.63) is 65.6 Å². The third kappa shape index (κ3) is 5.87. The molecule has 2 amide bonds. The van der Waals surface area contributed by atoms with Gasteiger partial charge in [0.05, 0.1) is 12.2 Å². The third-order valence-corrected chi connectivity index (χ3v) is 4.12. The van der Waals surface area contributed by atoms with Gasteiger partial charge in [-0.2, -0.15) is 4.98 Å². The van der Waals surface area contributed by atoms with Crippen LogP contribution in [-0.4, -0.2) is 28.5 Å². The Kier molecular flexibility index (Phi) is 6.96. The van der Waals surface area contributed by atoms with E-state index in [2.05, 4.69) is 15.5 Å². The van der Waals surface area contributed by atoms with Gasteiger partial charge in [-0.1, -0.05) is 5.16 Å². The monoisotopic (exact) mass is 436 g/mol. The van der Waals surface area contributed by atoms with E-state index < -0.39 is 41.5 Å². The molecule has 0 aliphatic heterocycles. The maximum Gasteiger partial charge on any atom is 0.243 e. The maximum atomic E-state index is 13.5. The minimum absolute atomic E-state index is 0.0427. The van der Waals surface area contributed by atoms with Crippen molar-refractivity contribution in [2.45, 2.75) is 19.3 Å². The zero-order valence-corrected chi connectivity index (χ0v) is 15.9. The summed E-state index contributed by atoms with van der Waals surface area (Å²) >= 11 is 0. The van der Waals surface area contributed by atoms with E-state index in [4.69, 9.17) is 4.52 Å². The smallest absolute Gasteiger partial charge is 0.243 e. The number of anilines is 1. The highest BCUT2D eigenvalue weighted by atomic mass is 19.2. The summed E-state index contributed by atoms with van der Waals surface area (Å²) in [5.74, 6) is -5.68. The van der Waals surface area contributed by atoms with Crippen LogP contribution in [0.4, 0.5) is 23.2 Å². The fraction of sp³-hybridized carbons (Fsp3) is 0.200. The molecule has 0 atom stereocenters. The van der Waals surface area contributed by atoms with Crippen molar-refractivity contribution in [2.24, 2.45) is 0 Å². The second kappa shape index (κ2) is 9.83. The summed E-state index contributed by atoms with van der Waals surface area (Å²) in [6, 6.07) is 7.10. The first-order valence-electron chi connectivity index (χ1n) is 9.12. The zero-order chi connectivity index (χ0) is 22.4. The highest BCUT2D eigenvalue weighted by Gasteiger charge is 2.16. The van der Waals surface area contributed by atoms with Gasteiger partial charge >= 0.3 is 0 Å². The number of nitrogens with zero attached hydrogens (tertiary/aromatic N) is 2. The Morgan fingerprint density at radius 1 is 0.935 bits per heavy atom. The molecule has 2 N–H and O–H groups in total. The van der Waals surface area contributed by atoms with Crippen LogP contribution in [0.15, 0.2) is 40.9 Å². The molecule has 31 heavy (non-hydrogen) atoms. The molecule has 0 spiro atoms. The number of benzene rings is 2. The molecule has 0 saturated heterocycles. The predicted octanol–water partition coefficient (Wildman–Crippen LogP) is 3.37. The van der Waals surface area contributed by atoms with Crippen LogP contribution in [0.5, 0.6) is 0 Å². The van der Waals surface area contributed by atoms with Gasteiger partial charge in [-0.3, -0.25) is 9.59 Å². The van der Waals surface area contributed by atoms with Crippen LogP contribution >= 0.6 is 0 Å². The van der Waals surface area contributed by atoms with Crippen LogP contribution in [0.3, 0.4) is 0 Å². The molecule has 7 nitrogen and oxygen atoms in total. The van der Waals surface area contributed by atoms with Crippen LogP contribution in [0.2, 0.25) is 0 Å². The van der Waals surface area contributed by atoms with Gasteiger partial charge in [-0.25, -0.2) is 17.6 Å². The summed E-state index contributed by atoms with van der Waals surface area (Å²) in [6.45, 7) is -0.480. The molecule has 0 aliphatic rings. The van der Waals surface area contributed by atoms with E-state index in [0.29, 0.717) is 36.2 Å². The summed E-state index contributed by atoms with van der Waals surface area (Å²) in [6.07, 6.45) is 0.686. The second-order valence-electron chi connectivity index (χ2n) is 6.42. The third-order valence-electron chi connectivity index (χ3n) is 4.12. The zero-order valence-electron chi connectivity index (χ0n) is 15.9. The topological polar surface area (TPSA) is 97.1 Å². The molecule has 11 heteroatoms. The number of carbonyl (C=O) groups is 2. The summed E-state index contributed by atoms with van der Waals surface area (Å²) < 4.78 is 57.6. The molecule has 162 valence electrons. The molecule has 0 bridgehead atoms. The molecular weight excluding hydrogens is 420 g/mol. The van der Waals surface area contributed by atoms with E-state index in [0.717, 1.165) is 6.07 Å². The van der Waals surface area contributed by atoms with Gasteiger partial charge in [-0.05, 0) is 42.8 Å². The quantitative estimate of drug-likeness (QED) is 0.417. The molecule has 2 aromatic carbocycles. The first-order valence-corrected chi connectivity index (χ1v) is 9.12. The van der Waals surface area contributed by atoms with Crippen molar-refractivity contribution in [3.8, 4) is 11.4 Å². The van der Waals surface area contributed by atoms with Crippen molar-refractivity contribution in [2.75, 3.05) is 11.9 Å². The molecule has 1 heterocycles. The Morgan fingerprint density at radius 2 is 1.68 bits per heavy atom. The lowest BCUT2D eigenvalue weighted by molar-refractivity contribution is -0.124. The SMILES string of the molecule is O=C(CCCc1nc(-c2ccc(F)cc2)no1)NCC(=O)Nc1ccc(F)c(F)c1F. The lowest BCUT2D eigenvalue weighted by Gasteiger charge is -2.08. The number of nitrogens with one attached hydrogen (secondary N) is 2. The fourth-order valence-electron chi connectivity index (χ4n) is 2.56. The number of hydrogen-bond acceptors (Lipinski definition) is 5. The van der Waals surface area contributed by atoms with Crippen molar-refractivity contribution in [3.63, 3.8) is 0 Å². The van der Waals surface area contributed by atoms with Crippen molar-refractivity contribution >= 4 is 17.5 Å². The first-order chi connectivity index (χ1) is 14.8. The summed E-state index contributed by atoms with van der Waals surface area (Å²) in [5, 5.41) is 8.16. The van der Waals surface area contributed by atoms with Gasteiger partial charge in [0.1, 0.15) is 5.82 Å². The molecule has 0 unspecified atom stereocenters. The van der Waals surface area contributed by atoms with Gasteiger partial charge in [0.15, 0.2) is 17.5 Å². The van der Waals surface area contributed by atoms with E-state index in [9.17, 15) is 27.2 Å². The first kappa shape index (κ1) is 21.9. The Hall–Kier alpha value is -3.76. The highest BCUT2D eigenvalue weighted by Crippen LogP contribution is 2.19. The van der Waals surface area contributed by atoms with Gasteiger partial charge < -0.3 is 15.2 Å². The van der Waals surface area contributed by atoms with Crippen LogP contribution in [-0.2, 0) is 16.0 Å². The molecule has 0 saturated carbocycles. The molecule has 0 radical (unpaired) electrons.